The zero-order chi connectivity index (χ0) is 11.1. The van der Waals surface area contributed by atoms with Gasteiger partial charge in [-0.2, -0.15) is 11.1 Å². The predicted octanol–water partition coefficient (Wildman–Crippen LogP) is 4.84. The van der Waals surface area contributed by atoms with Crippen LogP contribution in [0.4, 0.5) is 0 Å². The average Bonchev–Trinajstić information content (AvgIpc) is 2.30. The zero-order valence-corrected chi connectivity index (χ0v) is 11.6. The zero-order valence-electron chi connectivity index (χ0n) is 9.80. The minimum atomic E-state index is -1.38. The van der Waals surface area contributed by atoms with Crippen molar-refractivity contribution in [2.45, 2.75) is 44.8 Å². The van der Waals surface area contributed by atoms with Gasteiger partial charge in [-0.1, -0.05) is 50.6 Å². The van der Waals surface area contributed by atoms with Crippen LogP contribution < -0.4 is 0 Å². The van der Waals surface area contributed by atoms with Crippen LogP contribution in [0.15, 0.2) is 30.3 Å². The van der Waals surface area contributed by atoms with E-state index in [1.165, 1.54) is 36.5 Å². The van der Waals surface area contributed by atoms with E-state index in [0.717, 1.165) is 0 Å². The Bertz CT molecular complexity index is 267. The molecule has 0 unspecified atom stereocenters. The molecule has 0 saturated carbocycles. The van der Waals surface area contributed by atoms with Crippen LogP contribution in [-0.4, -0.2) is 7.38 Å². The highest BCUT2D eigenvalue weighted by Crippen LogP contribution is 2.27. The minimum absolute atomic E-state index is 1.18. The molecule has 0 aliphatic heterocycles. The van der Waals surface area contributed by atoms with Crippen molar-refractivity contribution in [3.8, 4) is 0 Å². The molecular formula is C13H21ClSi. The predicted molar refractivity (Wildman–Crippen MR) is 72.1 cm³/mol. The highest BCUT2D eigenvalue weighted by atomic mass is 35.6. The molecule has 0 bridgehead atoms. The van der Waals surface area contributed by atoms with Gasteiger partial charge in [0.05, 0.1) is 0 Å². The van der Waals surface area contributed by atoms with E-state index in [1.54, 1.807) is 0 Å². The Kier molecular flexibility index (Phi) is 5.41. The molecule has 2 heteroatoms. The fraction of sp³-hybridized carbons (Fsp3) is 0.538. The highest BCUT2D eigenvalue weighted by molar-refractivity contribution is 7.20. The highest BCUT2D eigenvalue weighted by Gasteiger charge is 2.25. The van der Waals surface area contributed by atoms with Crippen molar-refractivity contribution in [1.82, 2.24) is 0 Å². The van der Waals surface area contributed by atoms with Gasteiger partial charge in [0.1, 0.15) is 0 Å². The smallest absolute Gasteiger partial charge is 0.156 e. The summed E-state index contributed by atoms with van der Waals surface area (Å²) in [5, 5.41) is 0. The van der Waals surface area contributed by atoms with Crippen LogP contribution in [-0.2, 0) is 6.42 Å². The summed E-state index contributed by atoms with van der Waals surface area (Å²) in [5.41, 5.74) is 1.44. The van der Waals surface area contributed by atoms with Crippen molar-refractivity contribution in [3.05, 3.63) is 35.9 Å². The van der Waals surface area contributed by atoms with Gasteiger partial charge in [0.15, 0.2) is 7.38 Å². The molecule has 84 valence electrons. The molecule has 0 aliphatic rings. The topological polar surface area (TPSA) is 0 Å². The second-order valence-corrected chi connectivity index (χ2v) is 10.8. The first-order valence-electron chi connectivity index (χ1n) is 5.93. The summed E-state index contributed by atoms with van der Waals surface area (Å²) >= 11 is 6.61. The summed E-state index contributed by atoms with van der Waals surface area (Å²) in [7, 11) is -1.38. The Morgan fingerprint density at radius 3 is 2.20 bits per heavy atom. The first-order chi connectivity index (χ1) is 7.20. The quantitative estimate of drug-likeness (QED) is 0.493. The third-order valence-electron chi connectivity index (χ3n) is 3.20. The van der Waals surface area contributed by atoms with E-state index in [1.807, 2.05) is 0 Å². The molecule has 0 heterocycles. The second kappa shape index (κ2) is 6.34. The Labute approximate surface area is 99.4 Å². The van der Waals surface area contributed by atoms with Crippen LogP contribution in [0.1, 0.15) is 25.8 Å². The Morgan fingerprint density at radius 1 is 1.07 bits per heavy atom. The summed E-state index contributed by atoms with van der Waals surface area (Å²) in [6.07, 6.45) is 2.43. The van der Waals surface area contributed by atoms with E-state index in [9.17, 15) is 0 Å². The standard InChI is InChI=1S/C13H21ClSi/c1-3-15(14,4-2)12-8-11-13-9-6-5-7-10-13/h5-7,9-10H,3-4,8,11-12H2,1-2H3. The third kappa shape index (κ3) is 4.39. The molecule has 15 heavy (non-hydrogen) atoms. The molecule has 1 aromatic carbocycles. The van der Waals surface area contributed by atoms with E-state index in [0.29, 0.717) is 0 Å². The molecule has 0 aromatic heterocycles. The summed E-state index contributed by atoms with van der Waals surface area (Å²) in [6.45, 7) is 4.48. The van der Waals surface area contributed by atoms with Crippen molar-refractivity contribution in [3.63, 3.8) is 0 Å². The number of rotatable bonds is 6. The summed E-state index contributed by atoms with van der Waals surface area (Å²) in [5.74, 6) is 0. The van der Waals surface area contributed by atoms with Gasteiger partial charge in [0.25, 0.3) is 0 Å². The van der Waals surface area contributed by atoms with Crippen LogP contribution in [0, 0.1) is 0 Å². The number of hydrogen-bond donors (Lipinski definition) is 0. The number of hydrogen-bond acceptors (Lipinski definition) is 0. The second-order valence-electron chi connectivity index (χ2n) is 4.20. The normalized spacial score (nSPS) is 11.7. The Morgan fingerprint density at radius 2 is 1.67 bits per heavy atom. The van der Waals surface area contributed by atoms with E-state index in [4.69, 9.17) is 11.1 Å². The fourth-order valence-electron chi connectivity index (χ4n) is 1.86. The molecule has 0 radical (unpaired) electrons. The van der Waals surface area contributed by atoms with Gasteiger partial charge in [-0.05, 0) is 30.1 Å². The van der Waals surface area contributed by atoms with Crippen LogP contribution in [0.25, 0.3) is 0 Å². The first-order valence-corrected chi connectivity index (χ1v) is 9.56. The van der Waals surface area contributed by atoms with E-state index >= 15 is 0 Å². The molecule has 0 N–H and O–H groups in total. The molecular weight excluding hydrogens is 220 g/mol. The molecule has 0 saturated heterocycles. The van der Waals surface area contributed by atoms with Crippen molar-refractivity contribution in [2.75, 3.05) is 0 Å². The SMILES string of the molecule is CC[Si](Cl)(CC)CCCc1ccccc1. The van der Waals surface area contributed by atoms with E-state index in [2.05, 4.69) is 44.2 Å². The van der Waals surface area contributed by atoms with Gasteiger partial charge in [0.2, 0.25) is 0 Å². The lowest BCUT2D eigenvalue weighted by molar-refractivity contribution is 0.897. The van der Waals surface area contributed by atoms with E-state index in [-0.39, 0.29) is 0 Å². The number of halogens is 1. The summed E-state index contributed by atoms with van der Waals surface area (Å²) < 4.78 is 0. The average molecular weight is 241 g/mol. The van der Waals surface area contributed by atoms with Crippen LogP contribution in [0.3, 0.4) is 0 Å². The monoisotopic (exact) mass is 240 g/mol. The van der Waals surface area contributed by atoms with Crippen molar-refractivity contribution in [2.24, 2.45) is 0 Å². The molecule has 0 nitrogen and oxygen atoms in total. The first kappa shape index (κ1) is 12.8. The molecule has 1 aromatic rings. The van der Waals surface area contributed by atoms with E-state index < -0.39 is 7.38 Å². The fourth-order valence-corrected chi connectivity index (χ4v) is 4.28. The summed E-state index contributed by atoms with van der Waals surface area (Å²) in [4.78, 5) is 0. The third-order valence-corrected chi connectivity index (χ3v) is 9.16. The number of aryl methyl sites for hydroxylation is 1. The van der Waals surface area contributed by atoms with Gasteiger partial charge in [-0.3, -0.25) is 0 Å². The lowest BCUT2D eigenvalue weighted by Gasteiger charge is -2.20. The molecule has 0 amide bonds. The Hall–Kier alpha value is -0.273. The van der Waals surface area contributed by atoms with Crippen LogP contribution >= 0.6 is 11.1 Å². The lowest BCUT2D eigenvalue weighted by atomic mass is 10.1. The Balaban J connectivity index is 2.33. The number of benzene rings is 1. The molecule has 0 spiro atoms. The maximum Gasteiger partial charge on any atom is 0.156 e. The maximum atomic E-state index is 6.61. The van der Waals surface area contributed by atoms with Crippen molar-refractivity contribution >= 4 is 18.5 Å². The minimum Gasteiger partial charge on any atom is -0.167 e. The van der Waals surface area contributed by atoms with Gasteiger partial charge in [0, 0.05) is 0 Å². The van der Waals surface area contributed by atoms with Crippen molar-refractivity contribution < 1.29 is 0 Å². The van der Waals surface area contributed by atoms with Crippen molar-refractivity contribution in [1.29, 1.82) is 0 Å². The maximum absolute atomic E-state index is 6.61. The molecule has 0 fully saturated rings. The van der Waals surface area contributed by atoms with Crippen LogP contribution in [0.5, 0.6) is 0 Å². The lowest BCUT2D eigenvalue weighted by Crippen LogP contribution is -2.24. The summed E-state index contributed by atoms with van der Waals surface area (Å²) in [6, 6.07) is 14.4. The van der Waals surface area contributed by atoms with Gasteiger partial charge >= 0.3 is 0 Å². The van der Waals surface area contributed by atoms with Gasteiger partial charge in [-0.25, -0.2) is 0 Å². The van der Waals surface area contributed by atoms with Crippen LogP contribution in [0.2, 0.25) is 18.1 Å². The molecule has 0 atom stereocenters. The molecule has 0 aliphatic carbocycles. The molecule has 1 rings (SSSR count). The van der Waals surface area contributed by atoms with Gasteiger partial charge in [-0.15, -0.1) is 0 Å². The van der Waals surface area contributed by atoms with Gasteiger partial charge < -0.3 is 0 Å². The largest absolute Gasteiger partial charge is 0.167 e.